The molecule has 0 bridgehead atoms. The first-order valence-electron chi connectivity index (χ1n) is 6.37. The molecule has 0 saturated carbocycles. The van der Waals surface area contributed by atoms with Crippen molar-refractivity contribution >= 4 is 40.8 Å². The zero-order chi connectivity index (χ0) is 15.6. The number of carbonyl (C=O) groups excluding carboxylic acids is 1. The highest BCUT2D eigenvalue weighted by atomic mass is 35.5. The van der Waals surface area contributed by atoms with Gasteiger partial charge in [0, 0.05) is 15.5 Å². The number of allylic oxidation sites excluding steroid dienone is 1. The molecule has 0 radical (unpaired) electrons. The quantitative estimate of drug-likeness (QED) is 0.795. The Balaban J connectivity index is 2.55. The first-order chi connectivity index (χ1) is 9.79. The molecule has 4 nitrogen and oxygen atoms in total. The van der Waals surface area contributed by atoms with Gasteiger partial charge in [-0.05, 0) is 23.8 Å². The van der Waals surface area contributed by atoms with Gasteiger partial charge in [-0.2, -0.15) is 0 Å². The van der Waals surface area contributed by atoms with Crippen molar-refractivity contribution in [1.82, 2.24) is 15.0 Å². The van der Waals surface area contributed by atoms with E-state index in [1.807, 2.05) is 20.8 Å². The van der Waals surface area contributed by atoms with Gasteiger partial charge < -0.3 is 0 Å². The number of hydrogen-bond donors (Lipinski definition) is 0. The number of Topliss-reactive ketones (excluding diaryl/α,β-unsaturated/α-hetero) is 1. The molecule has 21 heavy (non-hydrogen) atoms. The van der Waals surface area contributed by atoms with Gasteiger partial charge in [-0.15, -0.1) is 5.10 Å². The summed E-state index contributed by atoms with van der Waals surface area (Å²) < 4.78 is 1.44. The number of ketones is 1. The molecule has 0 atom stereocenters. The largest absolute Gasteiger partial charge is 0.292 e. The van der Waals surface area contributed by atoms with E-state index in [-0.39, 0.29) is 5.78 Å². The van der Waals surface area contributed by atoms with Crippen LogP contribution in [0.2, 0.25) is 10.0 Å². The SMILES string of the molecule is CC(C)(C)C(=O)/C(=C/c1ccc(Cl)cc1Cl)n1ccnn1. The van der Waals surface area contributed by atoms with E-state index in [1.54, 1.807) is 30.5 Å². The number of rotatable bonds is 3. The lowest BCUT2D eigenvalue weighted by molar-refractivity contribution is -0.120. The topological polar surface area (TPSA) is 47.8 Å². The van der Waals surface area contributed by atoms with Gasteiger partial charge in [-0.25, -0.2) is 4.68 Å². The van der Waals surface area contributed by atoms with E-state index < -0.39 is 5.41 Å². The number of halogens is 2. The molecule has 0 aliphatic carbocycles. The molecule has 0 aliphatic rings. The van der Waals surface area contributed by atoms with E-state index in [0.29, 0.717) is 21.3 Å². The summed E-state index contributed by atoms with van der Waals surface area (Å²) in [7, 11) is 0. The van der Waals surface area contributed by atoms with Crippen LogP contribution < -0.4 is 0 Å². The summed E-state index contributed by atoms with van der Waals surface area (Å²) in [6, 6.07) is 5.12. The van der Waals surface area contributed by atoms with Crippen LogP contribution in [0.4, 0.5) is 0 Å². The highest BCUT2D eigenvalue weighted by Gasteiger charge is 2.26. The average Bonchev–Trinajstić information content (AvgIpc) is 2.90. The molecule has 0 fully saturated rings. The molecule has 2 rings (SSSR count). The molecule has 0 spiro atoms. The minimum atomic E-state index is -0.545. The lowest BCUT2D eigenvalue weighted by Crippen LogP contribution is -2.24. The highest BCUT2D eigenvalue weighted by Crippen LogP contribution is 2.27. The molecule has 1 aromatic carbocycles. The van der Waals surface area contributed by atoms with Crippen molar-refractivity contribution in [1.29, 1.82) is 0 Å². The van der Waals surface area contributed by atoms with E-state index >= 15 is 0 Å². The standard InChI is InChI=1S/C15H15Cl2N3O/c1-15(2,3)14(21)13(20-7-6-18-19-20)8-10-4-5-11(16)9-12(10)17/h4-9H,1-3H3/b13-8-. The molecule has 0 saturated heterocycles. The van der Waals surface area contributed by atoms with Crippen LogP contribution in [-0.4, -0.2) is 20.8 Å². The minimum Gasteiger partial charge on any atom is -0.292 e. The number of carbonyl (C=O) groups is 1. The summed E-state index contributed by atoms with van der Waals surface area (Å²) in [5.74, 6) is -0.0565. The second-order valence-corrected chi connectivity index (χ2v) is 6.47. The smallest absolute Gasteiger partial charge is 0.186 e. The second-order valence-electron chi connectivity index (χ2n) is 5.62. The van der Waals surface area contributed by atoms with Gasteiger partial charge in [-0.3, -0.25) is 4.79 Å². The zero-order valence-corrected chi connectivity index (χ0v) is 13.5. The molecule has 0 aliphatic heterocycles. The van der Waals surface area contributed by atoms with Crippen molar-refractivity contribution in [2.45, 2.75) is 20.8 Å². The maximum Gasteiger partial charge on any atom is 0.186 e. The van der Waals surface area contributed by atoms with Crippen LogP contribution in [0.1, 0.15) is 26.3 Å². The zero-order valence-electron chi connectivity index (χ0n) is 12.0. The summed E-state index contributed by atoms with van der Waals surface area (Å²) in [6.07, 6.45) is 4.84. The second kappa shape index (κ2) is 6.00. The molecule has 0 amide bonds. The number of nitrogens with zero attached hydrogens (tertiary/aromatic N) is 3. The number of benzene rings is 1. The van der Waals surface area contributed by atoms with Crippen LogP contribution in [-0.2, 0) is 4.79 Å². The first-order valence-corrected chi connectivity index (χ1v) is 7.13. The molecule has 6 heteroatoms. The van der Waals surface area contributed by atoms with E-state index in [2.05, 4.69) is 10.3 Å². The van der Waals surface area contributed by atoms with Crippen molar-refractivity contribution in [2.24, 2.45) is 5.41 Å². The Hall–Kier alpha value is -1.65. The van der Waals surface area contributed by atoms with E-state index in [1.165, 1.54) is 10.9 Å². The number of hydrogen-bond acceptors (Lipinski definition) is 3. The Bertz CT molecular complexity index is 685. The van der Waals surface area contributed by atoms with Gasteiger partial charge >= 0.3 is 0 Å². The maximum atomic E-state index is 12.6. The monoisotopic (exact) mass is 323 g/mol. The van der Waals surface area contributed by atoms with Crippen LogP contribution >= 0.6 is 23.2 Å². The third-order valence-electron chi connectivity index (χ3n) is 2.84. The molecular formula is C15H15Cl2N3O. The van der Waals surface area contributed by atoms with Crippen LogP contribution in [0, 0.1) is 5.41 Å². The van der Waals surface area contributed by atoms with Gasteiger partial charge in [0.2, 0.25) is 0 Å². The fourth-order valence-corrected chi connectivity index (χ4v) is 2.19. The molecular weight excluding hydrogens is 309 g/mol. The van der Waals surface area contributed by atoms with Crippen molar-refractivity contribution < 1.29 is 4.79 Å². The van der Waals surface area contributed by atoms with Crippen molar-refractivity contribution in [3.05, 3.63) is 46.2 Å². The Labute approximate surface area is 133 Å². The maximum absolute atomic E-state index is 12.6. The summed E-state index contributed by atoms with van der Waals surface area (Å²) in [4.78, 5) is 12.6. The molecule has 110 valence electrons. The predicted octanol–water partition coefficient (Wildman–Crippen LogP) is 4.20. The van der Waals surface area contributed by atoms with E-state index in [0.717, 1.165) is 0 Å². The van der Waals surface area contributed by atoms with Gasteiger partial charge in [-0.1, -0.05) is 55.3 Å². The van der Waals surface area contributed by atoms with Crippen molar-refractivity contribution in [3.8, 4) is 0 Å². The first kappa shape index (κ1) is 15.7. The Morgan fingerprint density at radius 3 is 2.52 bits per heavy atom. The lowest BCUT2D eigenvalue weighted by atomic mass is 9.88. The van der Waals surface area contributed by atoms with Gasteiger partial charge in [0.25, 0.3) is 0 Å². The molecule has 0 N–H and O–H groups in total. The fourth-order valence-electron chi connectivity index (χ4n) is 1.72. The third kappa shape index (κ3) is 3.71. The van der Waals surface area contributed by atoms with Crippen LogP contribution in [0.25, 0.3) is 11.8 Å². The van der Waals surface area contributed by atoms with Crippen molar-refractivity contribution in [3.63, 3.8) is 0 Å². The van der Waals surface area contributed by atoms with E-state index in [4.69, 9.17) is 23.2 Å². The molecule has 1 heterocycles. The third-order valence-corrected chi connectivity index (χ3v) is 3.40. The van der Waals surface area contributed by atoms with Crippen LogP contribution in [0.15, 0.2) is 30.6 Å². The Morgan fingerprint density at radius 2 is 2.00 bits per heavy atom. The van der Waals surface area contributed by atoms with Crippen molar-refractivity contribution in [2.75, 3.05) is 0 Å². The normalized spacial score (nSPS) is 12.5. The summed E-state index contributed by atoms with van der Waals surface area (Å²) >= 11 is 12.1. The Kier molecular flexibility index (Phi) is 4.49. The van der Waals surface area contributed by atoms with E-state index in [9.17, 15) is 4.79 Å². The van der Waals surface area contributed by atoms with Gasteiger partial charge in [0.05, 0.1) is 12.4 Å². The Morgan fingerprint density at radius 1 is 1.29 bits per heavy atom. The van der Waals surface area contributed by atoms with Crippen LogP contribution in [0.3, 0.4) is 0 Å². The summed E-state index contributed by atoms with van der Waals surface area (Å²) in [5, 5.41) is 8.67. The lowest BCUT2D eigenvalue weighted by Gasteiger charge is -2.18. The fraction of sp³-hybridized carbons (Fsp3) is 0.267. The molecule has 0 unspecified atom stereocenters. The molecule has 2 aromatic rings. The molecule has 1 aromatic heterocycles. The predicted molar refractivity (Wildman–Crippen MR) is 85.1 cm³/mol. The van der Waals surface area contributed by atoms with Gasteiger partial charge in [0.15, 0.2) is 5.78 Å². The summed E-state index contributed by atoms with van der Waals surface area (Å²) in [5.41, 5.74) is 0.560. The highest BCUT2D eigenvalue weighted by molar-refractivity contribution is 6.36. The van der Waals surface area contributed by atoms with Crippen LogP contribution in [0.5, 0.6) is 0 Å². The van der Waals surface area contributed by atoms with Gasteiger partial charge in [0.1, 0.15) is 5.70 Å². The average molecular weight is 324 g/mol. The minimum absolute atomic E-state index is 0.0565. The number of aromatic nitrogens is 3. The summed E-state index contributed by atoms with van der Waals surface area (Å²) in [6.45, 7) is 5.55.